The van der Waals surface area contributed by atoms with Gasteiger partial charge in [-0.1, -0.05) is 0 Å². The summed E-state index contributed by atoms with van der Waals surface area (Å²) in [6, 6.07) is 0. The molecule has 0 aromatic carbocycles. The van der Waals surface area contributed by atoms with Crippen molar-refractivity contribution < 1.29 is 9.53 Å². The Morgan fingerprint density at radius 2 is 2.33 bits per heavy atom. The van der Waals surface area contributed by atoms with Crippen LogP contribution in [0.25, 0.3) is 10.8 Å². The number of rotatable bonds is 2. The van der Waals surface area contributed by atoms with Gasteiger partial charge in [0.15, 0.2) is 10.8 Å². The van der Waals surface area contributed by atoms with E-state index >= 15 is 0 Å². The minimum absolute atomic E-state index is 0.368. The van der Waals surface area contributed by atoms with Crippen molar-refractivity contribution in [3.63, 3.8) is 0 Å². The van der Waals surface area contributed by atoms with Crippen LogP contribution in [0.2, 0.25) is 0 Å². The van der Waals surface area contributed by atoms with Crippen LogP contribution in [0.4, 0.5) is 0 Å². The van der Waals surface area contributed by atoms with Gasteiger partial charge in [0.25, 0.3) is 0 Å². The van der Waals surface area contributed by atoms with Gasteiger partial charge in [-0.2, -0.15) is 0 Å². The molecule has 0 saturated heterocycles. The molecule has 0 unspecified atom stereocenters. The third kappa shape index (κ3) is 1.75. The zero-order valence-electron chi connectivity index (χ0n) is 8.30. The Labute approximate surface area is 90.4 Å². The molecule has 0 aliphatic heterocycles. The molecule has 0 amide bonds. The molecule has 2 rings (SSSR count). The molecule has 2 heterocycles. The van der Waals surface area contributed by atoms with Crippen molar-refractivity contribution in [2.75, 3.05) is 7.11 Å². The molecule has 0 aliphatic carbocycles. The highest BCUT2D eigenvalue weighted by Gasteiger charge is 2.13. The fraction of sp³-hybridized carbons (Fsp3) is 0.222. The minimum atomic E-state index is -0.368. The molecule has 0 bridgehead atoms. The maximum Gasteiger partial charge on any atom is 0.349 e. The number of imidazole rings is 1. The van der Waals surface area contributed by atoms with Crippen molar-refractivity contribution in [1.82, 2.24) is 14.5 Å². The zero-order valence-corrected chi connectivity index (χ0v) is 9.11. The first-order valence-corrected chi connectivity index (χ1v) is 5.06. The lowest BCUT2D eigenvalue weighted by atomic mass is 10.5. The van der Waals surface area contributed by atoms with Crippen molar-refractivity contribution in [2.45, 2.75) is 0 Å². The predicted molar refractivity (Wildman–Crippen MR) is 55.7 cm³/mol. The summed E-state index contributed by atoms with van der Waals surface area (Å²) in [7, 11) is 3.23. The lowest BCUT2D eigenvalue weighted by Gasteiger charge is -1.95. The van der Waals surface area contributed by atoms with E-state index in [-0.39, 0.29) is 5.97 Å². The molecule has 6 heteroatoms. The van der Waals surface area contributed by atoms with Crippen molar-refractivity contribution in [3.05, 3.63) is 23.5 Å². The summed E-state index contributed by atoms with van der Waals surface area (Å²) in [6.45, 7) is 0. The first kappa shape index (κ1) is 9.85. The second-order valence-corrected chi connectivity index (χ2v) is 3.91. The molecule has 78 valence electrons. The van der Waals surface area contributed by atoms with Gasteiger partial charge >= 0.3 is 5.97 Å². The smallest absolute Gasteiger partial charge is 0.349 e. The van der Waals surface area contributed by atoms with E-state index in [2.05, 4.69) is 14.7 Å². The molecule has 0 saturated carbocycles. The van der Waals surface area contributed by atoms with Gasteiger partial charge in [0.05, 0.1) is 13.3 Å². The van der Waals surface area contributed by atoms with Crippen LogP contribution < -0.4 is 0 Å². The quantitative estimate of drug-likeness (QED) is 0.721. The fourth-order valence-corrected chi connectivity index (χ4v) is 2.02. The van der Waals surface area contributed by atoms with Gasteiger partial charge in [-0.25, -0.2) is 14.8 Å². The van der Waals surface area contributed by atoms with Crippen LogP contribution in [0.15, 0.2) is 18.6 Å². The van der Waals surface area contributed by atoms with Gasteiger partial charge in [-0.05, 0) is 0 Å². The fourth-order valence-electron chi connectivity index (χ4n) is 1.14. The number of hydrogen-bond acceptors (Lipinski definition) is 5. The summed E-state index contributed by atoms with van der Waals surface area (Å²) < 4.78 is 6.45. The number of ether oxygens (including phenoxy) is 1. The summed E-state index contributed by atoms with van der Waals surface area (Å²) in [5.74, 6) is 0.378. The van der Waals surface area contributed by atoms with Gasteiger partial charge < -0.3 is 9.30 Å². The molecule has 15 heavy (non-hydrogen) atoms. The maximum atomic E-state index is 11.2. The van der Waals surface area contributed by atoms with E-state index in [1.54, 1.807) is 6.20 Å². The van der Waals surface area contributed by atoms with Crippen molar-refractivity contribution in [2.24, 2.45) is 7.05 Å². The van der Waals surface area contributed by atoms with Gasteiger partial charge in [-0.15, -0.1) is 11.3 Å². The van der Waals surface area contributed by atoms with E-state index in [1.807, 2.05) is 17.8 Å². The number of nitrogens with zero attached hydrogens (tertiary/aromatic N) is 3. The molecular weight excluding hydrogens is 214 g/mol. The zero-order chi connectivity index (χ0) is 10.8. The van der Waals surface area contributed by atoms with Gasteiger partial charge in [0.2, 0.25) is 0 Å². The molecule has 2 aromatic heterocycles. The Kier molecular flexibility index (Phi) is 2.51. The Bertz CT molecular complexity index is 489. The van der Waals surface area contributed by atoms with E-state index in [0.29, 0.717) is 9.88 Å². The normalized spacial score (nSPS) is 10.3. The van der Waals surface area contributed by atoms with Crippen LogP contribution in [0.1, 0.15) is 9.67 Å². The molecule has 0 radical (unpaired) electrons. The highest BCUT2D eigenvalue weighted by Crippen LogP contribution is 2.23. The van der Waals surface area contributed by atoms with E-state index in [4.69, 9.17) is 0 Å². The first-order valence-electron chi connectivity index (χ1n) is 4.24. The van der Waals surface area contributed by atoms with E-state index in [1.165, 1.54) is 24.6 Å². The van der Waals surface area contributed by atoms with Gasteiger partial charge in [0.1, 0.15) is 4.88 Å². The summed E-state index contributed by atoms with van der Waals surface area (Å²) in [5.41, 5.74) is 0. The molecule has 5 nitrogen and oxygen atoms in total. The Morgan fingerprint density at radius 1 is 1.53 bits per heavy atom. The highest BCUT2D eigenvalue weighted by molar-refractivity contribution is 7.16. The Hall–Kier alpha value is -1.69. The van der Waals surface area contributed by atoms with E-state index < -0.39 is 0 Å². The average Bonchev–Trinajstić information content (AvgIpc) is 2.84. The second-order valence-electron chi connectivity index (χ2n) is 2.88. The van der Waals surface area contributed by atoms with E-state index in [9.17, 15) is 4.79 Å². The molecule has 0 N–H and O–H groups in total. The first-order chi connectivity index (χ1) is 7.22. The van der Waals surface area contributed by atoms with Crippen LogP contribution >= 0.6 is 11.3 Å². The molecule has 0 aliphatic rings. The number of aryl methyl sites for hydroxylation is 1. The second kappa shape index (κ2) is 3.82. The molecular formula is C9H9N3O2S. The summed E-state index contributed by atoms with van der Waals surface area (Å²) >= 11 is 1.27. The average molecular weight is 223 g/mol. The highest BCUT2D eigenvalue weighted by atomic mass is 32.1. The number of thiazole rings is 1. The largest absolute Gasteiger partial charge is 0.465 e. The number of aromatic nitrogens is 3. The maximum absolute atomic E-state index is 11.2. The summed E-state index contributed by atoms with van der Waals surface area (Å²) in [6.07, 6.45) is 5.02. The predicted octanol–water partition coefficient (Wildman–Crippen LogP) is 1.33. The third-order valence-electron chi connectivity index (χ3n) is 1.90. The van der Waals surface area contributed by atoms with Gasteiger partial charge in [-0.3, -0.25) is 0 Å². The van der Waals surface area contributed by atoms with E-state index in [0.717, 1.165) is 5.82 Å². The SMILES string of the molecule is COC(=O)c1cnc(-c2nccn2C)s1. The molecule has 0 fully saturated rings. The Morgan fingerprint density at radius 3 is 2.93 bits per heavy atom. The third-order valence-corrected chi connectivity index (χ3v) is 2.88. The number of hydrogen-bond donors (Lipinski definition) is 0. The monoisotopic (exact) mass is 223 g/mol. The van der Waals surface area contributed by atoms with Crippen molar-refractivity contribution in [1.29, 1.82) is 0 Å². The molecule has 0 atom stereocenters. The number of methoxy groups -OCH3 is 1. The van der Waals surface area contributed by atoms with Crippen LogP contribution in [0.3, 0.4) is 0 Å². The number of carbonyl (C=O) groups excluding carboxylic acids is 1. The van der Waals surface area contributed by atoms with Crippen molar-refractivity contribution in [3.8, 4) is 10.8 Å². The van der Waals surface area contributed by atoms with Crippen LogP contribution in [-0.2, 0) is 11.8 Å². The Balaban J connectivity index is 2.36. The summed E-state index contributed by atoms with van der Waals surface area (Å²) in [4.78, 5) is 20.0. The topological polar surface area (TPSA) is 57.0 Å². The van der Waals surface area contributed by atoms with Crippen molar-refractivity contribution >= 4 is 17.3 Å². The van der Waals surface area contributed by atoms with Crippen LogP contribution in [0.5, 0.6) is 0 Å². The lowest BCUT2D eigenvalue weighted by Crippen LogP contribution is -1.96. The standard InChI is InChI=1S/C9H9N3O2S/c1-12-4-3-10-7(12)8-11-5-6(15-8)9(13)14-2/h3-5H,1-2H3. The lowest BCUT2D eigenvalue weighted by molar-refractivity contribution is 0.0606. The number of carbonyl (C=O) groups is 1. The molecule has 2 aromatic rings. The molecule has 0 spiro atoms. The summed E-state index contributed by atoms with van der Waals surface area (Å²) in [5, 5.41) is 0.711. The van der Waals surface area contributed by atoms with Crippen LogP contribution in [-0.4, -0.2) is 27.6 Å². The van der Waals surface area contributed by atoms with Crippen LogP contribution in [0, 0.1) is 0 Å². The number of esters is 1. The minimum Gasteiger partial charge on any atom is -0.465 e. The van der Waals surface area contributed by atoms with Gasteiger partial charge in [0, 0.05) is 19.4 Å².